The largest absolute Gasteiger partial charge is 0.397 e. The molecule has 0 aliphatic rings. The van der Waals surface area contributed by atoms with E-state index in [-0.39, 0.29) is 6.61 Å². The van der Waals surface area contributed by atoms with Crippen molar-refractivity contribution in [2.24, 2.45) is 10.2 Å². The monoisotopic (exact) mass is 210 g/mol. The van der Waals surface area contributed by atoms with Crippen molar-refractivity contribution in [3.8, 4) is 12.1 Å². The summed E-state index contributed by atoms with van der Waals surface area (Å²) in [4.78, 5) is 0. The van der Waals surface area contributed by atoms with Gasteiger partial charge in [-0.05, 0) is 34.6 Å². The highest BCUT2D eigenvalue weighted by molar-refractivity contribution is 5.03. The Labute approximate surface area is 91.1 Å². The van der Waals surface area contributed by atoms with Crippen LogP contribution in [0, 0.1) is 22.7 Å². The Morgan fingerprint density at radius 2 is 1.20 bits per heavy atom. The van der Waals surface area contributed by atoms with Crippen LogP contribution in [0.25, 0.3) is 0 Å². The molecule has 84 valence electrons. The minimum Gasteiger partial charge on any atom is -0.397 e. The lowest BCUT2D eigenvalue weighted by Crippen LogP contribution is -2.17. The molecule has 0 radical (unpaired) electrons. The fourth-order valence-corrected chi connectivity index (χ4v) is 0.295. The lowest BCUT2D eigenvalue weighted by Gasteiger charge is -2.11. The van der Waals surface area contributed by atoms with E-state index in [0.29, 0.717) is 0 Å². The molecule has 0 unspecified atom stereocenters. The summed E-state index contributed by atoms with van der Waals surface area (Å²) in [5, 5.41) is 32.2. The quantitative estimate of drug-likeness (QED) is 0.707. The van der Waals surface area contributed by atoms with E-state index in [1.807, 2.05) is 12.1 Å². The zero-order valence-electron chi connectivity index (χ0n) is 9.94. The highest BCUT2D eigenvalue weighted by Gasteiger charge is 2.19. The number of hydrogen-bond acceptors (Lipinski definition) is 5. The van der Waals surface area contributed by atoms with E-state index in [4.69, 9.17) is 15.6 Å². The third kappa shape index (κ3) is 10.5. The number of nitrogens with zero attached hydrogens (tertiary/aromatic N) is 4. The molecule has 0 saturated heterocycles. The van der Waals surface area contributed by atoms with Crippen LogP contribution >= 0.6 is 0 Å². The predicted molar refractivity (Wildman–Crippen MR) is 57.0 cm³/mol. The molecule has 0 aliphatic carbocycles. The highest BCUT2D eigenvalue weighted by atomic mass is 16.2. The summed E-state index contributed by atoms with van der Waals surface area (Å²) in [6.07, 6.45) is 0. The zero-order chi connectivity index (χ0) is 12.5. The summed E-state index contributed by atoms with van der Waals surface area (Å²) in [6, 6.07) is 3.94. The Morgan fingerprint density at radius 3 is 1.33 bits per heavy atom. The number of azo groups is 1. The van der Waals surface area contributed by atoms with Gasteiger partial charge in [0.2, 0.25) is 0 Å². The average Bonchev–Trinajstić information content (AvgIpc) is 2.17. The van der Waals surface area contributed by atoms with E-state index in [2.05, 4.69) is 10.2 Å². The molecule has 5 nitrogen and oxygen atoms in total. The summed E-state index contributed by atoms with van der Waals surface area (Å²) in [5.41, 5.74) is -1.68. The van der Waals surface area contributed by atoms with Crippen molar-refractivity contribution < 1.29 is 5.11 Å². The van der Waals surface area contributed by atoms with Crippen molar-refractivity contribution in [3.05, 3.63) is 0 Å². The van der Waals surface area contributed by atoms with Gasteiger partial charge in [0.15, 0.2) is 11.1 Å². The molecule has 1 N–H and O–H groups in total. The molecular weight excluding hydrogens is 192 g/mol. The van der Waals surface area contributed by atoms with Crippen molar-refractivity contribution in [2.75, 3.05) is 6.61 Å². The van der Waals surface area contributed by atoms with Crippen LogP contribution in [0.15, 0.2) is 10.2 Å². The van der Waals surface area contributed by atoms with Gasteiger partial charge in [0.05, 0.1) is 12.1 Å². The van der Waals surface area contributed by atoms with Gasteiger partial charge < -0.3 is 5.11 Å². The Morgan fingerprint density at radius 1 is 1.00 bits per heavy atom. The van der Waals surface area contributed by atoms with Gasteiger partial charge in [-0.2, -0.15) is 20.8 Å². The molecule has 0 rings (SSSR count). The van der Waals surface area contributed by atoms with Gasteiger partial charge in [0.1, 0.15) is 0 Å². The van der Waals surface area contributed by atoms with Crippen LogP contribution in [-0.4, -0.2) is 22.8 Å². The molecule has 0 aliphatic heterocycles. The van der Waals surface area contributed by atoms with E-state index in [9.17, 15) is 0 Å². The molecule has 0 fully saturated rings. The molecule has 0 spiro atoms. The normalized spacial score (nSPS) is 11.2. The summed E-state index contributed by atoms with van der Waals surface area (Å²) < 4.78 is 0. The van der Waals surface area contributed by atoms with Crippen LogP contribution in [-0.2, 0) is 0 Å². The first kappa shape index (κ1) is 16.0. The Bertz CT molecular complexity index is 253. The van der Waals surface area contributed by atoms with E-state index >= 15 is 0 Å². The number of nitriles is 2. The van der Waals surface area contributed by atoms with Gasteiger partial charge in [-0.1, -0.05) is 0 Å². The van der Waals surface area contributed by atoms with Crippen LogP contribution in [0.4, 0.5) is 0 Å². The fraction of sp³-hybridized carbons (Fsp3) is 0.800. The van der Waals surface area contributed by atoms with Crippen molar-refractivity contribution in [1.82, 2.24) is 0 Å². The highest BCUT2D eigenvalue weighted by Crippen LogP contribution is 2.13. The Hall–Kier alpha value is -1.46. The minimum atomic E-state index is -0.839. The predicted octanol–water partition coefficient (Wildman–Crippen LogP) is 2.04. The topological polar surface area (TPSA) is 92.5 Å². The van der Waals surface area contributed by atoms with Crippen LogP contribution in [0.2, 0.25) is 0 Å². The second-order valence-electron chi connectivity index (χ2n) is 3.86. The van der Waals surface area contributed by atoms with E-state index in [1.165, 1.54) is 0 Å². The van der Waals surface area contributed by atoms with Crippen LogP contribution in [0.5, 0.6) is 0 Å². The molecule has 0 bridgehead atoms. The van der Waals surface area contributed by atoms with Crippen molar-refractivity contribution >= 4 is 0 Å². The van der Waals surface area contributed by atoms with E-state index < -0.39 is 11.1 Å². The molecule has 0 atom stereocenters. The minimum absolute atomic E-state index is 0.250. The van der Waals surface area contributed by atoms with E-state index in [0.717, 1.165) is 0 Å². The maximum atomic E-state index is 8.58. The maximum absolute atomic E-state index is 8.58. The van der Waals surface area contributed by atoms with Crippen molar-refractivity contribution in [3.63, 3.8) is 0 Å². The van der Waals surface area contributed by atoms with E-state index in [1.54, 1.807) is 34.6 Å². The van der Waals surface area contributed by atoms with Gasteiger partial charge in [0.25, 0.3) is 0 Å². The van der Waals surface area contributed by atoms with Crippen molar-refractivity contribution in [2.45, 2.75) is 45.7 Å². The number of aliphatic hydroxyl groups excluding tert-OH is 1. The first-order valence-corrected chi connectivity index (χ1v) is 4.62. The smallest absolute Gasteiger partial charge is 0.162 e. The molecular formula is C10H18N4O. The summed E-state index contributed by atoms with van der Waals surface area (Å²) in [7, 11) is 0. The first-order valence-electron chi connectivity index (χ1n) is 4.62. The lowest BCUT2D eigenvalue weighted by molar-refractivity contribution is 0.318. The molecule has 0 aromatic heterocycles. The second-order valence-corrected chi connectivity index (χ2v) is 3.86. The third-order valence-corrected chi connectivity index (χ3v) is 1.10. The standard InChI is InChI=1S/C8H12N4.C2H6O/c1-7(2,5-9)11-12-8(3,4)6-10;1-2-3/h1-4H3;3H,2H2,1H3. The summed E-state index contributed by atoms with van der Waals surface area (Å²) >= 11 is 0. The Balaban J connectivity index is 0. The molecule has 5 heteroatoms. The molecule has 0 amide bonds. The molecule has 0 heterocycles. The average molecular weight is 210 g/mol. The number of rotatable bonds is 2. The number of hydrogen-bond donors (Lipinski definition) is 1. The summed E-state index contributed by atoms with van der Waals surface area (Å²) in [5.74, 6) is 0. The van der Waals surface area contributed by atoms with Gasteiger partial charge in [-0.15, -0.1) is 0 Å². The third-order valence-electron chi connectivity index (χ3n) is 1.10. The van der Waals surface area contributed by atoms with Gasteiger partial charge in [-0.25, -0.2) is 0 Å². The molecule has 0 aromatic carbocycles. The van der Waals surface area contributed by atoms with Crippen LogP contribution in [0.1, 0.15) is 34.6 Å². The second kappa shape index (κ2) is 6.92. The maximum Gasteiger partial charge on any atom is 0.162 e. The van der Waals surface area contributed by atoms with Crippen LogP contribution in [0.3, 0.4) is 0 Å². The van der Waals surface area contributed by atoms with Gasteiger partial charge in [0, 0.05) is 6.61 Å². The SMILES string of the molecule is CC(C)(C#N)N=NC(C)(C)C#N.CCO. The Kier molecular flexibility index (Phi) is 7.37. The van der Waals surface area contributed by atoms with Gasteiger partial charge >= 0.3 is 0 Å². The molecule has 15 heavy (non-hydrogen) atoms. The molecule has 0 saturated carbocycles. The van der Waals surface area contributed by atoms with Gasteiger partial charge in [-0.3, -0.25) is 0 Å². The fourth-order valence-electron chi connectivity index (χ4n) is 0.295. The van der Waals surface area contributed by atoms with Crippen LogP contribution < -0.4 is 0 Å². The number of aliphatic hydroxyl groups is 1. The summed E-state index contributed by atoms with van der Waals surface area (Å²) in [6.45, 7) is 8.50. The molecule has 0 aromatic rings. The zero-order valence-corrected chi connectivity index (χ0v) is 9.94. The lowest BCUT2D eigenvalue weighted by atomic mass is 10.1. The first-order chi connectivity index (χ1) is 6.74. The van der Waals surface area contributed by atoms with Crippen molar-refractivity contribution in [1.29, 1.82) is 10.5 Å².